The zero-order chi connectivity index (χ0) is 20.7. The summed E-state index contributed by atoms with van der Waals surface area (Å²) >= 11 is 6.13. The molecule has 0 atom stereocenters. The second-order valence-corrected chi connectivity index (χ2v) is 8.68. The molecule has 0 spiro atoms. The highest BCUT2D eigenvalue weighted by Gasteiger charge is 2.21. The van der Waals surface area contributed by atoms with E-state index in [4.69, 9.17) is 11.6 Å². The molecule has 152 valence electrons. The van der Waals surface area contributed by atoms with E-state index in [9.17, 15) is 13.2 Å². The van der Waals surface area contributed by atoms with Crippen LogP contribution in [0.4, 0.5) is 4.79 Å². The molecule has 2 aromatic rings. The van der Waals surface area contributed by atoms with E-state index in [0.717, 1.165) is 11.1 Å². The van der Waals surface area contributed by atoms with Crippen LogP contribution in [0.2, 0.25) is 5.02 Å². The Balaban J connectivity index is 1.95. The lowest BCUT2D eigenvalue weighted by molar-refractivity contribution is 0.206. The molecule has 0 aliphatic rings. The molecule has 0 saturated heterocycles. The first-order valence-corrected chi connectivity index (χ1v) is 10.9. The lowest BCUT2D eigenvalue weighted by Crippen LogP contribution is -2.36. The molecule has 0 bridgehead atoms. The number of carbonyl (C=O) groups is 1. The molecule has 0 saturated carbocycles. The van der Waals surface area contributed by atoms with E-state index in [-0.39, 0.29) is 10.9 Å². The molecular weight excluding hydrogens is 398 g/mol. The van der Waals surface area contributed by atoms with E-state index in [1.807, 2.05) is 32.0 Å². The number of urea groups is 1. The number of hydrogen-bond donors (Lipinski definition) is 1. The average molecular weight is 424 g/mol. The van der Waals surface area contributed by atoms with Gasteiger partial charge < -0.3 is 10.2 Å². The first kappa shape index (κ1) is 22.2. The van der Waals surface area contributed by atoms with Gasteiger partial charge in [0.1, 0.15) is 0 Å². The predicted molar refractivity (Wildman–Crippen MR) is 112 cm³/mol. The van der Waals surface area contributed by atoms with Crippen LogP contribution in [0, 0.1) is 0 Å². The minimum atomic E-state index is -3.48. The summed E-state index contributed by atoms with van der Waals surface area (Å²) in [7, 11) is -1.78. The number of rotatable bonds is 8. The Morgan fingerprint density at radius 2 is 1.64 bits per heavy atom. The fourth-order valence-corrected chi connectivity index (χ4v) is 4.41. The number of benzene rings is 2. The molecular formula is C20H26ClN3O3S. The summed E-state index contributed by atoms with van der Waals surface area (Å²) in [6.45, 7) is 5.17. The minimum absolute atomic E-state index is 0.236. The molecule has 0 aromatic heterocycles. The van der Waals surface area contributed by atoms with Crippen molar-refractivity contribution in [2.75, 3.05) is 20.1 Å². The number of carbonyl (C=O) groups excluding carboxylic acids is 1. The highest BCUT2D eigenvalue weighted by Crippen LogP contribution is 2.17. The minimum Gasteiger partial charge on any atom is -0.334 e. The highest BCUT2D eigenvalue weighted by atomic mass is 35.5. The first-order chi connectivity index (χ1) is 13.3. The van der Waals surface area contributed by atoms with Crippen molar-refractivity contribution >= 4 is 27.7 Å². The average Bonchev–Trinajstić information content (AvgIpc) is 2.68. The smallest absolute Gasteiger partial charge is 0.317 e. The maximum atomic E-state index is 12.5. The molecule has 0 aliphatic heterocycles. The van der Waals surface area contributed by atoms with E-state index in [1.54, 1.807) is 42.3 Å². The number of nitrogens with one attached hydrogen (secondary N) is 1. The van der Waals surface area contributed by atoms with Crippen molar-refractivity contribution in [2.24, 2.45) is 0 Å². The van der Waals surface area contributed by atoms with Crippen LogP contribution in [0.15, 0.2) is 53.4 Å². The molecule has 2 aromatic carbocycles. The highest BCUT2D eigenvalue weighted by molar-refractivity contribution is 7.89. The normalized spacial score (nSPS) is 11.5. The quantitative estimate of drug-likeness (QED) is 0.703. The van der Waals surface area contributed by atoms with Gasteiger partial charge in [0.2, 0.25) is 10.0 Å². The fraction of sp³-hybridized carbons (Fsp3) is 0.350. The van der Waals surface area contributed by atoms with Crippen LogP contribution in [-0.2, 0) is 23.1 Å². The number of sulfonamides is 1. The molecule has 1 N–H and O–H groups in total. The molecule has 0 radical (unpaired) electrons. The number of halogens is 1. The molecule has 0 unspecified atom stereocenters. The van der Waals surface area contributed by atoms with Gasteiger partial charge in [0.05, 0.1) is 4.90 Å². The van der Waals surface area contributed by atoms with Crippen molar-refractivity contribution in [1.29, 1.82) is 0 Å². The van der Waals surface area contributed by atoms with E-state index in [0.29, 0.717) is 31.2 Å². The molecule has 0 heterocycles. The Bertz CT molecular complexity index is 897. The fourth-order valence-electron chi connectivity index (χ4n) is 2.76. The lowest BCUT2D eigenvalue weighted by Gasteiger charge is -2.19. The van der Waals surface area contributed by atoms with Crippen molar-refractivity contribution in [2.45, 2.75) is 31.8 Å². The number of hydrogen-bond acceptors (Lipinski definition) is 3. The van der Waals surface area contributed by atoms with Crippen LogP contribution in [0.3, 0.4) is 0 Å². The van der Waals surface area contributed by atoms with E-state index in [1.165, 1.54) is 4.31 Å². The Morgan fingerprint density at radius 1 is 1.04 bits per heavy atom. The maximum Gasteiger partial charge on any atom is 0.317 e. The van der Waals surface area contributed by atoms with Gasteiger partial charge in [0.15, 0.2) is 0 Å². The van der Waals surface area contributed by atoms with Crippen LogP contribution < -0.4 is 5.32 Å². The van der Waals surface area contributed by atoms with Gasteiger partial charge in [-0.15, -0.1) is 0 Å². The molecule has 0 aliphatic carbocycles. The topological polar surface area (TPSA) is 69.7 Å². The summed E-state index contributed by atoms with van der Waals surface area (Å²) in [6, 6.07) is 13.7. The van der Waals surface area contributed by atoms with Crippen molar-refractivity contribution in [3.05, 3.63) is 64.7 Å². The van der Waals surface area contributed by atoms with Gasteiger partial charge in [0, 0.05) is 38.2 Å². The third kappa shape index (κ3) is 5.47. The van der Waals surface area contributed by atoms with Crippen LogP contribution in [-0.4, -0.2) is 43.8 Å². The van der Waals surface area contributed by atoms with E-state index >= 15 is 0 Å². The summed E-state index contributed by atoms with van der Waals surface area (Å²) in [6.07, 6.45) is 0. The zero-order valence-corrected chi connectivity index (χ0v) is 17.9. The molecule has 2 rings (SSSR count). The van der Waals surface area contributed by atoms with Crippen molar-refractivity contribution in [1.82, 2.24) is 14.5 Å². The monoisotopic (exact) mass is 423 g/mol. The number of amides is 2. The lowest BCUT2D eigenvalue weighted by atomic mass is 10.2. The Labute approximate surface area is 172 Å². The van der Waals surface area contributed by atoms with Crippen LogP contribution in [0.1, 0.15) is 25.0 Å². The van der Waals surface area contributed by atoms with Crippen LogP contribution >= 0.6 is 11.6 Å². The summed E-state index contributed by atoms with van der Waals surface area (Å²) in [4.78, 5) is 14.1. The van der Waals surface area contributed by atoms with Gasteiger partial charge in [-0.3, -0.25) is 0 Å². The molecule has 6 nitrogen and oxygen atoms in total. The third-order valence-corrected chi connectivity index (χ3v) is 6.86. The SMILES string of the molecule is CCN(CC)S(=O)(=O)c1ccc(CNC(=O)N(C)Cc2ccccc2Cl)cc1. The Kier molecular flexibility index (Phi) is 7.86. The Hall–Kier alpha value is -2.09. The third-order valence-electron chi connectivity index (χ3n) is 4.42. The molecule has 0 fully saturated rings. The summed E-state index contributed by atoms with van der Waals surface area (Å²) in [5.74, 6) is 0. The van der Waals surface area contributed by atoms with Gasteiger partial charge in [-0.1, -0.05) is 55.8 Å². The first-order valence-electron chi connectivity index (χ1n) is 9.11. The van der Waals surface area contributed by atoms with Crippen LogP contribution in [0.25, 0.3) is 0 Å². The summed E-state index contributed by atoms with van der Waals surface area (Å²) < 4.78 is 26.4. The largest absolute Gasteiger partial charge is 0.334 e. The van der Waals surface area contributed by atoms with Gasteiger partial charge in [-0.2, -0.15) is 4.31 Å². The van der Waals surface area contributed by atoms with Gasteiger partial charge in [0.25, 0.3) is 0 Å². The standard InChI is InChI=1S/C20H26ClN3O3S/c1-4-24(5-2)28(26,27)18-12-10-16(11-13-18)14-22-20(25)23(3)15-17-8-6-7-9-19(17)21/h6-13H,4-5,14-15H2,1-3H3,(H,22,25). The van der Waals surface area contributed by atoms with Crippen molar-refractivity contribution < 1.29 is 13.2 Å². The van der Waals surface area contributed by atoms with Gasteiger partial charge >= 0.3 is 6.03 Å². The maximum absolute atomic E-state index is 12.5. The number of nitrogens with zero attached hydrogens (tertiary/aromatic N) is 2. The van der Waals surface area contributed by atoms with Gasteiger partial charge in [-0.05, 0) is 29.3 Å². The van der Waals surface area contributed by atoms with Crippen LogP contribution in [0.5, 0.6) is 0 Å². The van der Waals surface area contributed by atoms with Crippen molar-refractivity contribution in [3.63, 3.8) is 0 Å². The second kappa shape index (κ2) is 9.91. The van der Waals surface area contributed by atoms with E-state index < -0.39 is 10.0 Å². The second-order valence-electron chi connectivity index (χ2n) is 6.34. The van der Waals surface area contributed by atoms with Gasteiger partial charge in [-0.25, -0.2) is 13.2 Å². The molecule has 28 heavy (non-hydrogen) atoms. The van der Waals surface area contributed by atoms with E-state index in [2.05, 4.69) is 5.32 Å². The summed E-state index contributed by atoms with van der Waals surface area (Å²) in [5.41, 5.74) is 1.69. The van der Waals surface area contributed by atoms with Crippen molar-refractivity contribution in [3.8, 4) is 0 Å². The molecule has 2 amide bonds. The molecule has 8 heteroatoms. The zero-order valence-electron chi connectivity index (χ0n) is 16.4. The summed E-state index contributed by atoms with van der Waals surface area (Å²) in [5, 5.41) is 3.44. The Morgan fingerprint density at radius 3 is 2.21 bits per heavy atom. The predicted octanol–water partition coefficient (Wildman–Crippen LogP) is 3.71.